The molecule has 2 aromatic carbocycles. The van der Waals surface area contributed by atoms with E-state index < -0.39 is 0 Å². The highest BCUT2D eigenvalue weighted by atomic mass is 14.6. The van der Waals surface area contributed by atoms with Crippen LogP contribution in [0, 0.1) is 6.92 Å². The lowest BCUT2D eigenvalue weighted by Crippen LogP contribution is -2.08. The van der Waals surface area contributed by atoms with E-state index >= 15 is 0 Å². The third kappa shape index (κ3) is 4.95. The Labute approximate surface area is 183 Å². The highest BCUT2D eigenvalue weighted by Crippen LogP contribution is 2.40. The van der Waals surface area contributed by atoms with Crippen molar-refractivity contribution in [1.29, 1.82) is 0 Å². The highest BCUT2D eigenvalue weighted by Gasteiger charge is 2.23. The van der Waals surface area contributed by atoms with Crippen LogP contribution >= 0.6 is 0 Å². The topological polar surface area (TPSA) is 26.0 Å². The van der Waals surface area contributed by atoms with Crippen LogP contribution in [0.25, 0.3) is 5.57 Å². The molecule has 1 heteroatoms. The predicted octanol–water partition coefficient (Wildman–Crippen LogP) is 7.48. The van der Waals surface area contributed by atoms with Crippen molar-refractivity contribution in [2.24, 2.45) is 5.73 Å². The van der Waals surface area contributed by atoms with Gasteiger partial charge in [0.2, 0.25) is 0 Å². The van der Waals surface area contributed by atoms with Gasteiger partial charge in [-0.05, 0) is 84.4 Å². The van der Waals surface area contributed by atoms with Crippen LogP contribution in [0.3, 0.4) is 0 Å². The van der Waals surface area contributed by atoms with Gasteiger partial charge in [-0.2, -0.15) is 0 Å². The molecule has 0 bridgehead atoms. The van der Waals surface area contributed by atoms with E-state index in [-0.39, 0.29) is 0 Å². The zero-order chi connectivity index (χ0) is 21.5. The van der Waals surface area contributed by atoms with Crippen LogP contribution < -0.4 is 5.73 Å². The summed E-state index contributed by atoms with van der Waals surface area (Å²) in [5, 5.41) is 0. The van der Waals surface area contributed by atoms with Crippen LogP contribution in [0.15, 0.2) is 72.0 Å². The van der Waals surface area contributed by atoms with Crippen molar-refractivity contribution in [3.63, 3.8) is 0 Å². The molecule has 0 aromatic heterocycles. The maximum Gasteiger partial charge on any atom is 0.0201 e. The maximum absolute atomic E-state index is 6.29. The Morgan fingerprint density at radius 2 is 1.73 bits per heavy atom. The predicted molar refractivity (Wildman–Crippen MR) is 131 cm³/mol. The van der Waals surface area contributed by atoms with Crippen LogP contribution in [0.1, 0.15) is 73.8 Å². The Hall–Kier alpha value is -2.54. The summed E-state index contributed by atoms with van der Waals surface area (Å²) in [6.45, 7) is 10.9. The second-order valence-corrected chi connectivity index (χ2v) is 8.50. The Bertz CT molecular complexity index is 944. The minimum absolute atomic E-state index is 0.865. The Morgan fingerprint density at radius 1 is 1.00 bits per heavy atom. The molecule has 1 nitrogen and oxygen atoms in total. The summed E-state index contributed by atoms with van der Waals surface area (Å²) in [4.78, 5) is 0. The number of hydrogen-bond donors (Lipinski definition) is 1. The molecule has 2 aliphatic rings. The van der Waals surface area contributed by atoms with Crippen LogP contribution in [-0.2, 0) is 19.3 Å². The van der Waals surface area contributed by atoms with E-state index in [0.29, 0.717) is 0 Å². The fourth-order valence-electron chi connectivity index (χ4n) is 4.70. The van der Waals surface area contributed by atoms with Crippen molar-refractivity contribution >= 4 is 5.57 Å². The van der Waals surface area contributed by atoms with Gasteiger partial charge in [-0.3, -0.25) is 0 Å². The fraction of sp³-hybridized carbons (Fsp3) is 0.379. The van der Waals surface area contributed by atoms with Crippen LogP contribution in [0.2, 0.25) is 0 Å². The van der Waals surface area contributed by atoms with Gasteiger partial charge >= 0.3 is 0 Å². The summed E-state index contributed by atoms with van der Waals surface area (Å²) in [6, 6.07) is 15.1. The lowest BCUT2D eigenvalue weighted by atomic mass is 9.83. The number of fused-ring (bicyclic) bond motifs is 1. The van der Waals surface area contributed by atoms with E-state index in [2.05, 4.69) is 69.8 Å². The average Bonchev–Trinajstić information content (AvgIpc) is 3.16. The van der Waals surface area contributed by atoms with Gasteiger partial charge in [0, 0.05) is 17.7 Å². The molecule has 0 heterocycles. The first-order chi connectivity index (χ1) is 14.6. The third-order valence-corrected chi connectivity index (χ3v) is 6.38. The first kappa shape index (κ1) is 22.2. The SMILES string of the molecule is C=C(CCC)C1=C(N)CC=C1c1ccc2c(c1C)CCCC2.CCc1ccccc1. The summed E-state index contributed by atoms with van der Waals surface area (Å²) >= 11 is 0. The first-order valence-corrected chi connectivity index (χ1v) is 11.6. The highest BCUT2D eigenvalue weighted by molar-refractivity contribution is 5.88. The number of allylic oxidation sites excluding steroid dienone is 4. The lowest BCUT2D eigenvalue weighted by Gasteiger charge is -2.22. The molecule has 158 valence electrons. The molecule has 0 atom stereocenters. The van der Waals surface area contributed by atoms with Crippen LogP contribution in [-0.4, -0.2) is 0 Å². The van der Waals surface area contributed by atoms with Crippen molar-refractivity contribution in [2.45, 2.75) is 72.1 Å². The van der Waals surface area contributed by atoms with E-state index in [1.165, 1.54) is 59.1 Å². The number of rotatable bonds is 5. The van der Waals surface area contributed by atoms with E-state index in [4.69, 9.17) is 5.73 Å². The summed E-state index contributed by atoms with van der Waals surface area (Å²) in [7, 11) is 0. The van der Waals surface area contributed by atoms with Gasteiger partial charge in [0.25, 0.3) is 0 Å². The first-order valence-electron chi connectivity index (χ1n) is 11.6. The number of aryl methyl sites for hydroxylation is 2. The van der Waals surface area contributed by atoms with E-state index in [0.717, 1.165) is 31.4 Å². The molecule has 30 heavy (non-hydrogen) atoms. The molecule has 2 aliphatic carbocycles. The molecule has 0 radical (unpaired) electrons. The van der Waals surface area contributed by atoms with Gasteiger partial charge in [0.1, 0.15) is 0 Å². The van der Waals surface area contributed by atoms with E-state index in [1.807, 2.05) is 6.07 Å². The smallest absolute Gasteiger partial charge is 0.0201 e. The Balaban J connectivity index is 0.000000269. The average molecular weight is 400 g/mol. The van der Waals surface area contributed by atoms with Gasteiger partial charge in [0.15, 0.2) is 0 Å². The lowest BCUT2D eigenvalue weighted by molar-refractivity contribution is 0.681. The molecule has 0 amide bonds. The molecule has 0 spiro atoms. The van der Waals surface area contributed by atoms with Crippen molar-refractivity contribution in [2.75, 3.05) is 0 Å². The van der Waals surface area contributed by atoms with Gasteiger partial charge in [-0.25, -0.2) is 0 Å². The quantitative estimate of drug-likeness (QED) is 0.554. The largest absolute Gasteiger partial charge is 0.401 e. The molecule has 2 aromatic rings. The van der Waals surface area contributed by atoms with Crippen LogP contribution in [0.5, 0.6) is 0 Å². The zero-order valence-electron chi connectivity index (χ0n) is 19.1. The standard InChI is InChI=1S/C21H27N.C8H10/c1-4-7-14(2)21-19(12-13-20(21)22)18-11-10-16-8-5-6-9-17(16)15(18)3;1-2-8-6-4-3-5-7-8/h10-12H,2,4-9,13,22H2,1,3H3;3-7H,2H2,1H3. The number of benzene rings is 2. The van der Waals surface area contributed by atoms with E-state index in [1.54, 1.807) is 11.1 Å². The molecule has 0 fully saturated rings. The van der Waals surface area contributed by atoms with Crippen molar-refractivity contribution in [1.82, 2.24) is 0 Å². The van der Waals surface area contributed by atoms with E-state index in [9.17, 15) is 0 Å². The summed E-state index contributed by atoms with van der Waals surface area (Å²) in [6.07, 6.45) is 11.6. The summed E-state index contributed by atoms with van der Waals surface area (Å²) in [5.74, 6) is 0. The van der Waals surface area contributed by atoms with Crippen LogP contribution in [0.4, 0.5) is 0 Å². The molecular weight excluding hydrogens is 362 g/mol. The molecule has 4 rings (SSSR count). The minimum atomic E-state index is 0.865. The molecular formula is C29H37N. The second kappa shape index (κ2) is 10.5. The fourth-order valence-corrected chi connectivity index (χ4v) is 4.70. The van der Waals surface area contributed by atoms with Gasteiger partial charge in [-0.15, -0.1) is 0 Å². The second-order valence-electron chi connectivity index (χ2n) is 8.50. The molecule has 0 unspecified atom stereocenters. The molecule has 2 N–H and O–H groups in total. The monoisotopic (exact) mass is 399 g/mol. The summed E-state index contributed by atoms with van der Waals surface area (Å²) < 4.78 is 0. The summed E-state index contributed by atoms with van der Waals surface area (Å²) in [5.41, 5.74) is 18.4. The molecule has 0 saturated carbocycles. The normalized spacial score (nSPS) is 15.2. The Kier molecular flexibility index (Phi) is 7.74. The maximum atomic E-state index is 6.29. The van der Waals surface area contributed by atoms with Gasteiger partial charge in [0.05, 0.1) is 0 Å². The number of nitrogens with two attached hydrogens (primary N) is 1. The Morgan fingerprint density at radius 3 is 2.40 bits per heavy atom. The van der Waals surface area contributed by atoms with Crippen molar-refractivity contribution in [3.8, 4) is 0 Å². The molecule has 0 aliphatic heterocycles. The minimum Gasteiger partial charge on any atom is -0.401 e. The third-order valence-electron chi connectivity index (χ3n) is 6.38. The van der Waals surface area contributed by atoms with Crippen molar-refractivity contribution < 1.29 is 0 Å². The van der Waals surface area contributed by atoms with Gasteiger partial charge in [-0.1, -0.05) is 75.4 Å². The number of hydrogen-bond acceptors (Lipinski definition) is 1. The van der Waals surface area contributed by atoms with Gasteiger partial charge < -0.3 is 5.73 Å². The zero-order valence-corrected chi connectivity index (χ0v) is 19.1. The molecule has 0 saturated heterocycles. The van der Waals surface area contributed by atoms with Crippen molar-refractivity contribution in [3.05, 3.63) is 99.8 Å².